The molecule has 0 saturated carbocycles. The predicted octanol–water partition coefficient (Wildman–Crippen LogP) is 6.93. The molecule has 2 heterocycles. The fourth-order valence-electron chi connectivity index (χ4n) is 3.55. The van der Waals surface area contributed by atoms with E-state index in [4.69, 9.17) is 37.4 Å². The van der Waals surface area contributed by atoms with Gasteiger partial charge in [0.1, 0.15) is 17.0 Å². The van der Waals surface area contributed by atoms with Gasteiger partial charge in [-0.15, -0.1) is 0 Å². The number of anilines is 1. The van der Waals surface area contributed by atoms with Crippen LogP contribution in [0.25, 0.3) is 33.9 Å². The molecule has 0 spiro atoms. The van der Waals surface area contributed by atoms with Crippen molar-refractivity contribution in [3.63, 3.8) is 0 Å². The van der Waals surface area contributed by atoms with Crippen LogP contribution >= 0.6 is 23.8 Å². The van der Waals surface area contributed by atoms with Crippen LogP contribution in [0.5, 0.6) is 5.75 Å². The SMILES string of the molecule is CCOc1ccc(-c2nc3cc(NC(=S)NC(=O)c4ccc(-c5ccc(Cl)cc5)o4)ccc3o2)cc1. The minimum atomic E-state index is -0.465. The summed E-state index contributed by atoms with van der Waals surface area (Å²) in [5.74, 6) is 1.50. The van der Waals surface area contributed by atoms with Gasteiger partial charge in [-0.05, 0) is 98.0 Å². The molecule has 3 aromatic carbocycles. The number of oxazole rings is 1. The maximum atomic E-state index is 12.6. The number of nitrogens with one attached hydrogen (secondary N) is 2. The van der Waals surface area contributed by atoms with Gasteiger partial charge in [-0.1, -0.05) is 11.6 Å². The summed E-state index contributed by atoms with van der Waals surface area (Å²) in [4.78, 5) is 17.2. The van der Waals surface area contributed by atoms with Crippen LogP contribution in [0.3, 0.4) is 0 Å². The number of furan rings is 1. The Morgan fingerprint density at radius 1 is 0.972 bits per heavy atom. The minimum Gasteiger partial charge on any atom is -0.494 e. The van der Waals surface area contributed by atoms with E-state index in [0.717, 1.165) is 16.9 Å². The van der Waals surface area contributed by atoms with Gasteiger partial charge in [0.25, 0.3) is 5.91 Å². The van der Waals surface area contributed by atoms with Crippen LogP contribution in [-0.4, -0.2) is 22.6 Å². The van der Waals surface area contributed by atoms with Crippen LogP contribution in [0.4, 0.5) is 5.69 Å². The molecule has 0 aliphatic rings. The third-order valence-corrected chi connectivity index (χ3v) is 5.70. The maximum absolute atomic E-state index is 12.6. The zero-order valence-electron chi connectivity index (χ0n) is 19.1. The number of rotatable bonds is 6. The molecule has 0 aliphatic carbocycles. The highest BCUT2D eigenvalue weighted by atomic mass is 35.5. The van der Waals surface area contributed by atoms with Gasteiger partial charge in [-0.2, -0.15) is 0 Å². The summed E-state index contributed by atoms with van der Waals surface area (Å²) < 4.78 is 17.0. The second kappa shape index (κ2) is 10.2. The molecule has 36 heavy (non-hydrogen) atoms. The first-order valence-corrected chi connectivity index (χ1v) is 11.9. The zero-order chi connectivity index (χ0) is 25.1. The largest absolute Gasteiger partial charge is 0.494 e. The minimum absolute atomic E-state index is 0.124. The lowest BCUT2D eigenvalue weighted by Crippen LogP contribution is -2.33. The molecular weight excluding hydrogens is 498 g/mol. The molecule has 2 N–H and O–H groups in total. The summed E-state index contributed by atoms with van der Waals surface area (Å²) in [5, 5.41) is 6.36. The van der Waals surface area contributed by atoms with Gasteiger partial charge in [0.15, 0.2) is 16.5 Å². The summed E-state index contributed by atoms with van der Waals surface area (Å²) in [6.45, 7) is 2.54. The van der Waals surface area contributed by atoms with E-state index in [1.165, 1.54) is 0 Å². The van der Waals surface area contributed by atoms with E-state index >= 15 is 0 Å². The number of aromatic nitrogens is 1. The molecule has 0 fully saturated rings. The number of benzene rings is 3. The lowest BCUT2D eigenvalue weighted by molar-refractivity contribution is 0.0951. The number of ether oxygens (including phenoxy) is 1. The van der Waals surface area contributed by atoms with Crippen LogP contribution < -0.4 is 15.4 Å². The third-order valence-electron chi connectivity index (χ3n) is 5.24. The highest BCUT2D eigenvalue weighted by Gasteiger charge is 2.15. The highest BCUT2D eigenvalue weighted by molar-refractivity contribution is 7.80. The van der Waals surface area contributed by atoms with Gasteiger partial charge in [0.05, 0.1) is 6.61 Å². The molecule has 1 amide bonds. The van der Waals surface area contributed by atoms with E-state index in [1.54, 1.807) is 42.5 Å². The van der Waals surface area contributed by atoms with E-state index in [1.807, 2.05) is 43.3 Å². The van der Waals surface area contributed by atoms with Crippen LogP contribution in [0.2, 0.25) is 5.02 Å². The summed E-state index contributed by atoms with van der Waals surface area (Å²) in [6.07, 6.45) is 0. The Balaban J connectivity index is 1.24. The van der Waals surface area contributed by atoms with Gasteiger partial charge in [-0.25, -0.2) is 4.98 Å². The number of carbonyl (C=O) groups excluding carboxylic acids is 1. The van der Waals surface area contributed by atoms with Crippen molar-refractivity contribution < 1.29 is 18.4 Å². The van der Waals surface area contributed by atoms with E-state index in [0.29, 0.717) is 40.1 Å². The molecular formula is C27H20ClN3O4S. The van der Waals surface area contributed by atoms with Crippen LogP contribution in [-0.2, 0) is 0 Å². The van der Waals surface area contributed by atoms with E-state index in [9.17, 15) is 4.79 Å². The van der Waals surface area contributed by atoms with Crippen LogP contribution in [0.15, 0.2) is 87.7 Å². The van der Waals surface area contributed by atoms with Crippen LogP contribution in [0, 0.1) is 0 Å². The van der Waals surface area contributed by atoms with Gasteiger partial charge in [-0.3, -0.25) is 10.1 Å². The number of thiocarbonyl (C=S) groups is 1. The Bertz CT molecular complexity index is 1540. The Morgan fingerprint density at radius 2 is 1.72 bits per heavy atom. The van der Waals surface area contributed by atoms with Gasteiger partial charge in [0.2, 0.25) is 5.89 Å². The highest BCUT2D eigenvalue weighted by Crippen LogP contribution is 2.28. The second-order valence-electron chi connectivity index (χ2n) is 7.74. The van der Waals surface area contributed by atoms with Gasteiger partial charge >= 0.3 is 0 Å². The monoisotopic (exact) mass is 517 g/mol. The summed E-state index contributed by atoms with van der Waals surface area (Å²) in [7, 11) is 0. The van der Waals surface area contributed by atoms with Crippen molar-refractivity contribution in [1.82, 2.24) is 10.3 Å². The average molecular weight is 518 g/mol. The number of fused-ring (bicyclic) bond motifs is 1. The van der Waals surface area contributed by atoms with E-state index in [2.05, 4.69) is 15.6 Å². The molecule has 0 unspecified atom stereocenters. The standard InChI is InChI=1S/C27H20ClN3O4S/c1-2-33-20-10-5-17(6-11-20)26-30-21-15-19(9-12-23(21)35-26)29-27(36)31-25(32)24-14-13-22(34-24)16-3-7-18(28)8-4-16/h3-15H,2H2,1H3,(H2,29,31,32,36). The quantitative estimate of drug-likeness (QED) is 0.236. The molecule has 0 saturated heterocycles. The number of nitrogens with zero attached hydrogens (tertiary/aromatic N) is 1. The Kier molecular flexibility index (Phi) is 6.71. The van der Waals surface area contributed by atoms with Crippen molar-refractivity contribution in [2.45, 2.75) is 6.92 Å². The summed E-state index contributed by atoms with van der Waals surface area (Å²) >= 11 is 11.2. The zero-order valence-corrected chi connectivity index (χ0v) is 20.7. The van der Waals surface area contributed by atoms with E-state index in [-0.39, 0.29) is 10.9 Å². The normalized spacial score (nSPS) is 10.8. The molecule has 0 radical (unpaired) electrons. The number of hydrogen-bond donors (Lipinski definition) is 2. The molecule has 0 bridgehead atoms. The predicted molar refractivity (Wildman–Crippen MR) is 143 cm³/mol. The molecule has 5 rings (SSSR count). The lowest BCUT2D eigenvalue weighted by atomic mass is 10.2. The van der Waals surface area contributed by atoms with Crippen molar-refractivity contribution in [2.75, 3.05) is 11.9 Å². The molecule has 9 heteroatoms. The smallest absolute Gasteiger partial charge is 0.293 e. The molecule has 5 aromatic rings. The van der Waals surface area contributed by atoms with Crippen molar-refractivity contribution in [1.29, 1.82) is 0 Å². The van der Waals surface area contributed by atoms with Crippen molar-refractivity contribution in [3.05, 3.63) is 89.6 Å². The van der Waals surface area contributed by atoms with Crippen molar-refractivity contribution in [2.24, 2.45) is 0 Å². The van der Waals surface area contributed by atoms with Gasteiger partial charge in [0, 0.05) is 21.8 Å². The Hall–Kier alpha value is -4.14. The third kappa shape index (κ3) is 5.25. The molecule has 180 valence electrons. The Morgan fingerprint density at radius 3 is 2.47 bits per heavy atom. The molecule has 2 aromatic heterocycles. The van der Waals surface area contributed by atoms with E-state index < -0.39 is 5.91 Å². The maximum Gasteiger partial charge on any atom is 0.293 e. The summed E-state index contributed by atoms with van der Waals surface area (Å²) in [6, 6.07) is 23.4. The molecule has 7 nitrogen and oxygen atoms in total. The first-order chi connectivity index (χ1) is 17.5. The van der Waals surface area contributed by atoms with Crippen molar-refractivity contribution >= 4 is 51.6 Å². The first-order valence-electron chi connectivity index (χ1n) is 11.1. The van der Waals surface area contributed by atoms with Gasteiger partial charge < -0.3 is 18.9 Å². The lowest BCUT2D eigenvalue weighted by Gasteiger charge is -2.08. The average Bonchev–Trinajstić information content (AvgIpc) is 3.53. The fourth-order valence-corrected chi connectivity index (χ4v) is 3.88. The first kappa shape index (κ1) is 23.6. The van der Waals surface area contributed by atoms with Crippen LogP contribution in [0.1, 0.15) is 17.5 Å². The number of hydrogen-bond acceptors (Lipinski definition) is 6. The topological polar surface area (TPSA) is 89.5 Å². The van der Waals surface area contributed by atoms with Crippen molar-refractivity contribution in [3.8, 4) is 28.5 Å². The molecule has 0 atom stereocenters. The number of carbonyl (C=O) groups is 1. The number of amides is 1. The summed E-state index contributed by atoms with van der Waals surface area (Å²) in [5.41, 5.74) is 3.58. The Labute approximate surface area is 217 Å². The molecule has 0 aliphatic heterocycles. The second-order valence-corrected chi connectivity index (χ2v) is 8.58. The fraction of sp³-hybridized carbons (Fsp3) is 0.0741. The number of halogens is 1.